The summed E-state index contributed by atoms with van der Waals surface area (Å²) >= 11 is 1.34. The number of fused-ring (bicyclic) bond motifs is 1. The number of thioether (sulfide) groups is 1. The molecule has 0 bridgehead atoms. The van der Waals surface area contributed by atoms with Gasteiger partial charge in [0.15, 0.2) is 16.7 Å². The minimum atomic E-state index is -0.449. The van der Waals surface area contributed by atoms with E-state index in [0.29, 0.717) is 35.4 Å². The number of methoxy groups -OCH3 is 1. The Kier molecular flexibility index (Phi) is 7.94. The molecular formula is C31H27N3O4S. The highest BCUT2D eigenvalue weighted by atomic mass is 32.2. The fraction of sp³-hybridized carbons (Fsp3) is 0.129. The van der Waals surface area contributed by atoms with Crippen LogP contribution in [0.4, 0.5) is 0 Å². The van der Waals surface area contributed by atoms with Crippen molar-refractivity contribution in [2.45, 2.75) is 6.42 Å². The third kappa shape index (κ3) is 5.66. The van der Waals surface area contributed by atoms with Crippen molar-refractivity contribution in [1.29, 1.82) is 5.41 Å². The first-order valence-corrected chi connectivity index (χ1v) is 13.3. The molecule has 3 aromatic rings. The second kappa shape index (κ2) is 11.9. The van der Waals surface area contributed by atoms with E-state index >= 15 is 0 Å². The van der Waals surface area contributed by atoms with Gasteiger partial charge in [0.2, 0.25) is 0 Å². The Labute approximate surface area is 231 Å². The predicted molar refractivity (Wildman–Crippen MR) is 156 cm³/mol. The van der Waals surface area contributed by atoms with Gasteiger partial charge in [0.1, 0.15) is 24.8 Å². The molecule has 39 heavy (non-hydrogen) atoms. The molecule has 0 atom stereocenters. The lowest BCUT2D eigenvalue weighted by Crippen LogP contribution is -2.38. The van der Waals surface area contributed by atoms with E-state index in [1.165, 1.54) is 11.8 Å². The molecule has 8 heteroatoms. The SMILES string of the molecule is C=CCc1ccccc1OCCOc1ccc(C=C2C(=N)N3C(c4ccccc4)=CSC3=NC2=O)cc1OC. The zero-order valence-electron chi connectivity index (χ0n) is 21.4. The topological polar surface area (TPSA) is 84.2 Å². The van der Waals surface area contributed by atoms with Crippen LogP contribution >= 0.6 is 11.8 Å². The molecule has 0 saturated heterocycles. The lowest BCUT2D eigenvalue weighted by molar-refractivity contribution is -0.114. The predicted octanol–water partition coefficient (Wildman–Crippen LogP) is 6.19. The molecule has 7 nitrogen and oxygen atoms in total. The number of carbonyl (C=O) groups excluding carboxylic acids is 1. The van der Waals surface area contributed by atoms with Crippen LogP contribution in [-0.4, -0.2) is 42.1 Å². The molecule has 0 saturated carbocycles. The van der Waals surface area contributed by atoms with Crippen LogP contribution < -0.4 is 14.2 Å². The molecular weight excluding hydrogens is 510 g/mol. The van der Waals surface area contributed by atoms with Crippen LogP contribution in [0.25, 0.3) is 11.8 Å². The highest BCUT2D eigenvalue weighted by Crippen LogP contribution is 2.37. The van der Waals surface area contributed by atoms with Crippen LogP contribution in [0.1, 0.15) is 16.7 Å². The zero-order valence-corrected chi connectivity index (χ0v) is 22.2. The molecule has 0 fully saturated rings. The number of carbonyl (C=O) groups is 1. The van der Waals surface area contributed by atoms with Gasteiger partial charge in [-0.25, -0.2) is 0 Å². The van der Waals surface area contributed by atoms with Gasteiger partial charge in [0, 0.05) is 5.41 Å². The minimum Gasteiger partial charge on any atom is -0.493 e. The lowest BCUT2D eigenvalue weighted by Gasteiger charge is -2.27. The van der Waals surface area contributed by atoms with Crippen molar-refractivity contribution in [2.75, 3.05) is 20.3 Å². The number of para-hydroxylation sites is 1. The first-order valence-electron chi connectivity index (χ1n) is 12.4. The first kappa shape index (κ1) is 26.1. The van der Waals surface area contributed by atoms with Crippen molar-refractivity contribution < 1.29 is 19.0 Å². The van der Waals surface area contributed by atoms with Crippen molar-refractivity contribution in [3.8, 4) is 17.2 Å². The average Bonchev–Trinajstić information content (AvgIpc) is 3.39. The van der Waals surface area contributed by atoms with Gasteiger partial charge in [-0.05, 0) is 47.4 Å². The van der Waals surface area contributed by atoms with Gasteiger partial charge in [-0.2, -0.15) is 4.99 Å². The van der Waals surface area contributed by atoms with Crippen LogP contribution in [0.5, 0.6) is 17.2 Å². The lowest BCUT2D eigenvalue weighted by atomic mass is 10.1. The second-order valence-corrected chi connectivity index (χ2v) is 9.47. The Morgan fingerprint density at radius 2 is 1.72 bits per heavy atom. The van der Waals surface area contributed by atoms with Crippen molar-refractivity contribution in [1.82, 2.24) is 4.90 Å². The van der Waals surface area contributed by atoms with Crippen molar-refractivity contribution in [3.05, 3.63) is 113 Å². The summed E-state index contributed by atoms with van der Waals surface area (Å²) in [5, 5.41) is 11.2. The van der Waals surface area contributed by atoms with E-state index in [1.54, 1.807) is 30.2 Å². The van der Waals surface area contributed by atoms with E-state index in [4.69, 9.17) is 19.6 Å². The van der Waals surface area contributed by atoms with E-state index in [0.717, 1.165) is 29.0 Å². The summed E-state index contributed by atoms with van der Waals surface area (Å²) in [6.07, 6.45) is 4.23. The maximum absolute atomic E-state index is 12.8. The number of aliphatic imine (C=N–C) groups is 1. The maximum Gasteiger partial charge on any atom is 0.283 e. The average molecular weight is 538 g/mol. The van der Waals surface area contributed by atoms with Crippen LogP contribution in [-0.2, 0) is 11.2 Å². The summed E-state index contributed by atoms with van der Waals surface area (Å²) in [7, 11) is 1.56. The van der Waals surface area contributed by atoms with E-state index in [2.05, 4.69) is 11.6 Å². The first-order chi connectivity index (χ1) is 19.1. The number of ether oxygens (including phenoxy) is 3. The van der Waals surface area contributed by atoms with Gasteiger partial charge < -0.3 is 14.2 Å². The van der Waals surface area contributed by atoms with Gasteiger partial charge in [-0.3, -0.25) is 15.1 Å². The summed E-state index contributed by atoms with van der Waals surface area (Å²) in [4.78, 5) is 18.8. The maximum atomic E-state index is 12.8. The molecule has 2 aliphatic rings. The minimum absolute atomic E-state index is 0.0817. The summed E-state index contributed by atoms with van der Waals surface area (Å²) in [5.41, 5.74) is 3.73. The van der Waals surface area contributed by atoms with E-state index in [1.807, 2.05) is 72.1 Å². The number of amidine groups is 2. The quantitative estimate of drug-likeness (QED) is 0.189. The highest BCUT2D eigenvalue weighted by molar-refractivity contribution is 8.17. The Morgan fingerprint density at radius 1 is 0.974 bits per heavy atom. The zero-order chi connectivity index (χ0) is 27.2. The van der Waals surface area contributed by atoms with Gasteiger partial charge in [0.25, 0.3) is 5.91 Å². The summed E-state index contributed by atoms with van der Waals surface area (Å²) < 4.78 is 17.4. The number of allylic oxidation sites excluding steroid dienone is 1. The molecule has 1 amide bonds. The van der Waals surface area contributed by atoms with E-state index in [9.17, 15) is 4.79 Å². The number of nitrogens with one attached hydrogen (secondary N) is 1. The summed E-state index contributed by atoms with van der Waals surface area (Å²) in [5.74, 6) is 1.50. The largest absolute Gasteiger partial charge is 0.493 e. The molecule has 1 N–H and O–H groups in total. The molecule has 0 radical (unpaired) electrons. The van der Waals surface area contributed by atoms with Crippen molar-refractivity contribution in [2.24, 2.45) is 4.99 Å². The third-order valence-electron chi connectivity index (χ3n) is 6.12. The Balaban J connectivity index is 1.29. The van der Waals surface area contributed by atoms with Gasteiger partial charge in [-0.1, -0.05) is 72.4 Å². The molecule has 5 rings (SSSR count). The van der Waals surface area contributed by atoms with Crippen molar-refractivity contribution in [3.63, 3.8) is 0 Å². The summed E-state index contributed by atoms with van der Waals surface area (Å²) in [6.45, 7) is 4.48. The Bertz CT molecular complexity index is 1510. The third-order valence-corrected chi connectivity index (χ3v) is 6.94. The molecule has 3 aromatic carbocycles. The smallest absolute Gasteiger partial charge is 0.283 e. The van der Waals surface area contributed by atoms with E-state index < -0.39 is 5.91 Å². The fourth-order valence-corrected chi connectivity index (χ4v) is 5.14. The Morgan fingerprint density at radius 3 is 2.49 bits per heavy atom. The number of nitrogens with zero attached hydrogens (tertiary/aromatic N) is 2. The van der Waals surface area contributed by atoms with Crippen LogP contribution in [0.2, 0.25) is 0 Å². The number of hydrogen-bond acceptors (Lipinski definition) is 6. The molecule has 2 aliphatic heterocycles. The number of amides is 1. The van der Waals surface area contributed by atoms with Crippen LogP contribution in [0, 0.1) is 5.41 Å². The molecule has 0 spiro atoms. The monoisotopic (exact) mass is 537 g/mol. The van der Waals surface area contributed by atoms with Gasteiger partial charge in [0.05, 0.1) is 18.4 Å². The van der Waals surface area contributed by atoms with Crippen molar-refractivity contribution >= 4 is 40.4 Å². The van der Waals surface area contributed by atoms with Crippen LogP contribution in [0.15, 0.2) is 101 Å². The standard InChI is InChI=1S/C31H27N3O4S/c1-3-9-23-12-7-8-13-26(23)37-16-17-38-27-15-14-21(19-28(27)36-2)18-24-29(32)34-25(22-10-5-4-6-11-22)20-39-31(34)33-30(24)35/h3-8,10-15,18-20,32H,1,9,16-17H2,2H3. The molecule has 0 aromatic heterocycles. The van der Waals surface area contributed by atoms with Crippen LogP contribution in [0.3, 0.4) is 0 Å². The number of rotatable bonds is 10. The molecule has 2 heterocycles. The fourth-order valence-electron chi connectivity index (χ4n) is 4.25. The number of benzene rings is 3. The number of hydrogen-bond donors (Lipinski definition) is 1. The van der Waals surface area contributed by atoms with E-state index in [-0.39, 0.29) is 11.4 Å². The molecule has 0 unspecified atom stereocenters. The second-order valence-electron chi connectivity index (χ2n) is 8.64. The van der Waals surface area contributed by atoms with Gasteiger partial charge >= 0.3 is 0 Å². The normalized spacial score (nSPS) is 15.5. The Hall–Kier alpha value is -4.56. The van der Waals surface area contributed by atoms with Gasteiger partial charge in [-0.15, -0.1) is 6.58 Å². The molecule has 196 valence electrons. The molecule has 0 aliphatic carbocycles. The highest BCUT2D eigenvalue weighted by Gasteiger charge is 2.36. The summed E-state index contributed by atoms with van der Waals surface area (Å²) in [6, 6.07) is 23.0.